The first-order valence-corrected chi connectivity index (χ1v) is 17.3. The van der Waals surface area contributed by atoms with Crippen LogP contribution in [-0.4, -0.2) is 52.4 Å². The zero-order valence-electron chi connectivity index (χ0n) is 28.7. The Bertz CT molecular complexity index is 1830. The Balaban J connectivity index is 1.26. The predicted octanol–water partition coefficient (Wildman–Crippen LogP) is 9.40. The van der Waals surface area contributed by atoms with Crippen molar-refractivity contribution in [2.24, 2.45) is 5.41 Å². The third-order valence-corrected chi connectivity index (χ3v) is 10.2. The van der Waals surface area contributed by atoms with Crippen molar-refractivity contribution in [1.82, 2.24) is 15.1 Å². The average molecular weight is 693 g/mol. The highest BCUT2D eigenvalue weighted by atomic mass is 32.1. The molecule has 49 heavy (non-hydrogen) atoms. The van der Waals surface area contributed by atoms with Gasteiger partial charge in [0.2, 0.25) is 5.13 Å². The van der Waals surface area contributed by atoms with Crippen molar-refractivity contribution in [2.75, 3.05) is 41.7 Å². The highest BCUT2D eigenvalue weighted by Gasteiger charge is 2.52. The Hall–Kier alpha value is -4.16. The van der Waals surface area contributed by atoms with Crippen LogP contribution < -0.4 is 15.5 Å². The number of amides is 2. The van der Waals surface area contributed by atoms with E-state index in [1.54, 1.807) is 29.2 Å². The number of halogens is 3. The van der Waals surface area contributed by atoms with Gasteiger partial charge in [-0.1, -0.05) is 89.3 Å². The molecule has 260 valence electrons. The van der Waals surface area contributed by atoms with Gasteiger partial charge < -0.3 is 20.2 Å². The number of aromatic hydroxyl groups is 1. The quantitative estimate of drug-likeness (QED) is 0.193. The minimum atomic E-state index is -4.60. The molecule has 1 aromatic heterocycles. The molecule has 12 heteroatoms. The summed E-state index contributed by atoms with van der Waals surface area (Å²) >= 11 is 1.23. The molecule has 0 atom stereocenters. The highest BCUT2D eigenvalue weighted by molar-refractivity contribution is 7.18. The van der Waals surface area contributed by atoms with E-state index in [4.69, 9.17) is 0 Å². The lowest BCUT2D eigenvalue weighted by Gasteiger charge is -2.42. The van der Waals surface area contributed by atoms with Crippen LogP contribution in [0.5, 0.6) is 5.75 Å². The molecule has 6 rings (SSSR count). The largest absolute Gasteiger partial charge is 0.506 e. The van der Waals surface area contributed by atoms with Crippen LogP contribution in [-0.2, 0) is 17.0 Å². The molecule has 2 aliphatic rings. The number of rotatable bonds is 5. The Morgan fingerprint density at radius 2 is 1.59 bits per heavy atom. The molecule has 0 saturated carbocycles. The maximum absolute atomic E-state index is 14.6. The van der Waals surface area contributed by atoms with E-state index >= 15 is 0 Å². The number of likely N-dealkylation sites (tertiary alicyclic amines) is 1. The van der Waals surface area contributed by atoms with Gasteiger partial charge in [-0.2, -0.15) is 13.2 Å². The van der Waals surface area contributed by atoms with Crippen LogP contribution in [0.15, 0.2) is 60.7 Å². The number of hydrogen-bond acceptors (Lipinski definition) is 7. The Labute approximate surface area is 289 Å². The number of urea groups is 1. The molecule has 3 N–H and O–H groups in total. The Morgan fingerprint density at radius 3 is 2.22 bits per heavy atom. The Kier molecular flexibility index (Phi) is 8.94. The van der Waals surface area contributed by atoms with E-state index in [1.165, 1.54) is 16.9 Å². The normalized spacial score (nSPS) is 16.6. The number of para-hydroxylation sites is 2. The molecule has 0 radical (unpaired) electrons. The smallest absolute Gasteiger partial charge is 0.416 e. The molecule has 1 saturated heterocycles. The molecule has 0 bridgehead atoms. The summed E-state index contributed by atoms with van der Waals surface area (Å²) in [5.74, 6) is -0.229. The fourth-order valence-electron chi connectivity index (χ4n) is 7.08. The topological polar surface area (TPSA) is 93.6 Å². The molecular formula is C37H43F3N6O2S. The van der Waals surface area contributed by atoms with Crippen molar-refractivity contribution in [2.45, 2.75) is 71.4 Å². The lowest BCUT2D eigenvalue weighted by Crippen LogP contribution is -2.47. The van der Waals surface area contributed by atoms with Gasteiger partial charge in [0.05, 0.1) is 22.6 Å². The third-order valence-electron chi connectivity index (χ3n) is 9.32. The zero-order valence-corrected chi connectivity index (χ0v) is 29.5. The monoisotopic (exact) mass is 692 g/mol. The second kappa shape index (κ2) is 12.6. The number of carbonyl (C=O) groups excluding carboxylic acids is 1. The number of carbonyl (C=O) groups is 1. The SMILES string of the molecule is CC(C)(C)CN1CCC2(CC1)CN(c1ccccc1NC(=O)Nc1nnc(-c3ccc(C(C)(C)C)cc3)s1)c1c(O)ccc(C(F)(F)F)c12. The molecule has 4 aromatic rings. The number of anilines is 4. The first kappa shape index (κ1) is 34.7. The van der Waals surface area contributed by atoms with E-state index in [-0.39, 0.29) is 34.4 Å². The summed E-state index contributed by atoms with van der Waals surface area (Å²) in [4.78, 5) is 17.3. The average Bonchev–Trinajstić information content (AvgIpc) is 3.61. The van der Waals surface area contributed by atoms with Crippen molar-refractivity contribution in [3.63, 3.8) is 0 Å². The summed E-state index contributed by atoms with van der Waals surface area (Å²) in [5, 5.41) is 26.1. The molecule has 1 spiro atoms. The van der Waals surface area contributed by atoms with Gasteiger partial charge in [0, 0.05) is 24.1 Å². The fourth-order valence-corrected chi connectivity index (χ4v) is 7.82. The minimum Gasteiger partial charge on any atom is -0.506 e. The van der Waals surface area contributed by atoms with Crippen molar-refractivity contribution in [1.29, 1.82) is 0 Å². The molecular weight excluding hydrogens is 650 g/mol. The fraction of sp³-hybridized carbons (Fsp3) is 0.432. The van der Waals surface area contributed by atoms with Crippen LogP contribution in [0.2, 0.25) is 0 Å². The summed E-state index contributed by atoms with van der Waals surface area (Å²) in [7, 11) is 0. The number of nitrogens with one attached hydrogen (secondary N) is 2. The second-order valence-corrected chi connectivity index (χ2v) is 16.4. The van der Waals surface area contributed by atoms with Crippen molar-refractivity contribution in [3.05, 3.63) is 77.4 Å². The van der Waals surface area contributed by atoms with E-state index in [0.717, 1.165) is 24.2 Å². The molecule has 3 aromatic carbocycles. The van der Waals surface area contributed by atoms with Gasteiger partial charge >= 0.3 is 12.2 Å². The minimum absolute atomic E-state index is 0.0154. The molecule has 8 nitrogen and oxygen atoms in total. The van der Waals surface area contributed by atoms with Crippen LogP contribution >= 0.6 is 11.3 Å². The number of hydrogen-bond donors (Lipinski definition) is 3. The summed E-state index contributed by atoms with van der Waals surface area (Å²) in [6.45, 7) is 15.3. The van der Waals surface area contributed by atoms with Crippen LogP contribution in [0.3, 0.4) is 0 Å². The first-order valence-electron chi connectivity index (χ1n) is 16.5. The number of benzene rings is 3. The van der Waals surface area contributed by atoms with Crippen LogP contribution in [0.4, 0.5) is 40.2 Å². The number of phenols is 1. The van der Waals surface area contributed by atoms with Gasteiger partial charge in [0.1, 0.15) is 10.8 Å². The Morgan fingerprint density at radius 1 is 0.918 bits per heavy atom. The molecule has 3 heterocycles. The number of alkyl halides is 3. The summed E-state index contributed by atoms with van der Waals surface area (Å²) < 4.78 is 43.8. The standard InChI is InChI=1S/C37H43F3N6O2S/c1-34(2,3)21-45-19-17-36(18-20-45)22-46(30-28(47)16-15-25(29(30)36)37(38,39)40)27-10-8-7-9-26(27)41-32(48)42-33-44-43-31(49-33)23-11-13-24(14-12-23)35(4,5)6/h7-16,47H,17-22H2,1-6H3,(H2,41,42,44,48). The molecule has 2 aliphatic heterocycles. The van der Waals surface area contributed by atoms with Crippen molar-refractivity contribution < 1.29 is 23.1 Å². The molecule has 0 aliphatic carbocycles. The second-order valence-electron chi connectivity index (χ2n) is 15.4. The summed E-state index contributed by atoms with van der Waals surface area (Å²) in [6.07, 6.45) is -3.59. The van der Waals surface area contributed by atoms with E-state index in [2.05, 4.69) is 79.4 Å². The number of piperidine rings is 1. The van der Waals surface area contributed by atoms with Gasteiger partial charge in [-0.15, -0.1) is 10.2 Å². The van der Waals surface area contributed by atoms with Crippen LogP contribution in [0, 0.1) is 5.41 Å². The number of phenolic OH excluding ortho intramolecular Hbond substituents is 1. The highest BCUT2D eigenvalue weighted by Crippen LogP contribution is 2.57. The lowest BCUT2D eigenvalue weighted by atomic mass is 9.72. The third kappa shape index (κ3) is 7.26. The first-order chi connectivity index (χ1) is 22.9. The van der Waals surface area contributed by atoms with E-state index in [9.17, 15) is 23.1 Å². The van der Waals surface area contributed by atoms with Crippen molar-refractivity contribution >= 4 is 39.6 Å². The van der Waals surface area contributed by atoms with E-state index in [1.807, 2.05) is 12.1 Å². The number of fused-ring (bicyclic) bond motifs is 2. The number of nitrogens with zero attached hydrogens (tertiary/aromatic N) is 4. The molecule has 1 fully saturated rings. The maximum atomic E-state index is 14.6. The van der Waals surface area contributed by atoms with Gasteiger partial charge in [0.15, 0.2) is 0 Å². The molecule has 2 amide bonds. The van der Waals surface area contributed by atoms with Crippen LogP contribution in [0.25, 0.3) is 10.6 Å². The molecule has 0 unspecified atom stereocenters. The van der Waals surface area contributed by atoms with Gasteiger partial charge in [-0.05, 0) is 72.2 Å². The van der Waals surface area contributed by atoms with E-state index < -0.39 is 23.2 Å². The maximum Gasteiger partial charge on any atom is 0.416 e. The predicted molar refractivity (Wildman–Crippen MR) is 190 cm³/mol. The van der Waals surface area contributed by atoms with Crippen LogP contribution in [0.1, 0.15) is 71.1 Å². The number of aromatic nitrogens is 2. The zero-order chi connectivity index (χ0) is 35.4. The summed E-state index contributed by atoms with van der Waals surface area (Å²) in [6, 6.07) is 16.6. The van der Waals surface area contributed by atoms with E-state index in [0.29, 0.717) is 47.4 Å². The van der Waals surface area contributed by atoms with Gasteiger partial charge in [-0.25, -0.2) is 4.79 Å². The summed E-state index contributed by atoms with van der Waals surface area (Å²) in [5.41, 5.74) is 1.72. The lowest BCUT2D eigenvalue weighted by molar-refractivity contribution is -0.138. The van der Waals surface area contributed by atoms with Gasteiger partial charge in [-0.3, -0.25) is 5.32 Å². The van der Waals surface area contributed by atoms with Crippen molar-refractivity contribution in [3.8, 4) is 16.3 Å². The van der Waals surface area contributed by atoms with Gasteiger partial charge in [0.25, 0.3) is 0 Å².